The van der Waals surface area contributed by atoms with Crippen LogP contribution < -0.4 is 5.32 Å². The SMILES string of the molecule is C=C(C)CC(CCC1CCCCC1)NCC. The first-order valence-corrected chi connectivity index (χ1v) is 7.10. The summed E-state index contributed by atoms with van der Waals surface area (Å²) in [5.74, 6) is 1.01. The highest BCUT2D eigenvalue weighted by molar-refractivity contribution is 4.92. The Morgan fingerprint density at radius 1 is 1.31 bits per heavy atom. The lowest BCUT2D eigenvalue weighted by molar-refractivity contribution is 0.313. The molecule has 1 saturated carbocycles. The third kappa shape index (κ3) is 5.69. The van der Waals surface area contributed by atoms with E-state index in [1.165, 1.54) is 50.5 Å². The van der Waals surface area contributed by atoms with Gasteiger partial charge in [0.15, 0.2) is 0 Å². The van der Waals surface area contributed by atoms with E-state index in [-0.39, 0.29) is 0 Å². The lowest BCUT2D eigenvalue weighted by atomic mass is 9.84. The minimum atomic E-state index is 0.671. The highest BCUT2D eigenvalue weighted by atomic mass is 14.9. The monoisotopic (exact) mass is 223 g/mol. The van der Waals surface area contributed by atoms with E-state index in [9.17, 15) is 0 Å². The van der Waals surface area contributed by atoms with E-state index in [0.29, 0.717) is 6.04 Å². The second-order valence-corrected chi connectivity index (χ2v) is 5.50. The third-order valence-electron chi connectivity index (χ3n) is 3.74. The fourth-order valence-electron chi connectivity index (χ4n) is 2.90. The van der Waals surface area contributed by atoms with E-state index < -0.39 is 0 Å². The first-order chi connectivity index (χ1) is 7.72. The van der Waals surface area contributed by atoms with Crippen LogP contribution in [0.1, 0.15) is 65.2 Å². The summed E-state index contributed by atoms with van der Waals surface area (Å²) in [6, 6.07) is 0.671. The van der Waals surface area contributed by atoms with E-state index in [1.54, 1.807) is 0 Å². The fourth-order valence-corrected chi connectivity index (χ4v) is 2.90. The topological polar surface area (TPSA) is 12.0 Å². The molecule has 0 aromatic heterocycles. The van der Waals surface area contributed by atoms with Crippen LogP contribution in [0.5, 0.6) is 0 Å². The summed E-state index contributed by atoms with van der Waals surface area (Å²) >= 11 is 0. The van der Waals surface area contributed by atoms with Crippen molar-refractivity contribution in [3.8, 4) is 0 Å². The van der Waals surface area contributed by atoms with Gasteiger partial charge in [0.05, 0.1) is 0 Å². The number of hydrogen-bond donors (Lipinski definition) is 1. The molecule has 0 heterocycles. The van der Waals surface area contributed by atoms with Crippen LogP contribution in [-0.2, 0) is 0 Å². The molecular weight excluding hydrogens is 194 g/mol. The second-order valence-electron chi connectivity index (χ2n) is 5.50. The van der Waals surface area contributed by atoms with E-state index in [0.717, 1.165) is 18.9 Å². The lowest BCUT2D eigenvalue weighted by Gasteiger charge is -2.24. The molecule has 16 heavy (non-hydrogen) atoms. The molecule has 0 spiro atoms. The van der Waals surface area contributed by atoms with Gasteiger partial charge in [0.2, 0.25) is 0 Å². The average molecular weight is 223 g/mol. The summed E-state index contributed by atoms with van der Waals surface area (Å²) in [6.45, 7) is 9.46. The maximum absolute atomic E-state index is 4.03. The zero-order chi connectivity index (χ0) is 11.8. The van der Waals surface area contributed by atoms with Gasteiger partial charge >= 0.3 is 0 Å². The molecule has 0 amide bonds. The van der Waals surface area contributed by atoms with Crippen molar-refractivity contribution in [2.24, 2.45) is 5.92 Å². The molecule has 1 aliphatic carbocycles. The van der Waals surface area contributed by atoms with E-state index in [4.69, 9.17) is 0 Å². The van der Waals surface area contributed by atoms with E-state index in [2.05, 4.69) is 25.7 Å². The van der Waals surface area contributed by atoms with Crippen LogP contribution in [0.2, 0.25) is 0 Å². The predicted octanol–water partition coefficient (Wildman–Crippen LogP) is 4.29. The highest BCUT2D eigenvalue weighted by Gasteiger charge is 2.15. The number of nitrogens with one attached hydrogen (secondary N) is 1. The van der Waals surface area contributed by atoms with Crippen LogP contribution >= 0.6 is 0 Å². The predicted molar refractivity (Wildman–Crippen MR) is 72.7 cm³/mol. The van der Waals surface area contributed by atoms with Gasteiger partial charge < -0.3 is 5.32 Å². The molecule has 0 aliphatic heterocycles. The second kappa shape index (κ2) is 7.89. The Labute approximate surface area is 102 Å². The van der Waals surface area contributed by atoms with Crippen LogP contribution in [0.15, 0.2) is 12.2 Å². The maximum atomic E-state index is 4.03. The Hall–Kier alpha value is -0.300. The van der Waals surface area contributed by atoms with Crippen molar-refractivity contribution in [3.63, 3.8) is 0 Å². The lowest BCUT2D eigenvalue weighted by Crippen LogP contribution is -2.29. The smallest absolute Gasteiger partial charge is 0.0104 e. The number of hydrogen-bond acceptors (Lipinski definition) is 1. The van der Waals surface area contributed by atoms with Crippen LogP contribution in [0.25, 0.3) is 0 Å². The molecule has 1 nitrogen and oxygen atoms in total. The molecule has 0 radical (unpaired) electrons. The first-order valence-electron chi connectivity index (χ1n) is 7.10. The zero-order valence-corrected chi connectivity index (χ0v) is 11.2. The molecule has 94 valence electrons. The van der Waals surface area contributed by atoms with Crippen LogP contribution in [0.4, 0.5) is 0 Å². The minimum absolute atomic E-state index is 0.671. The molecule has 1 unspecified atom stereocenters. The summed E-state index contributed by atoms with van der Waals surface area (Å²) in [5, 5.41) is 3.59. The van der Waals surface area contributed by atoms with Gasteiger partial charge in [-0.3, -0.25) is 0 Å². The molecule has 1 rings (SSSR count). The third-order valence-corrected chi connectivity index (χ3v) is 3.74. The first kappa shape index (κ1) is 13.8. The highest BCUT2D eigenvalue weighted by Crippen LogP contribution is 2.28. The Balaban J connectivity index is 2.21. The van der Waals surface area contributed by atoms with Crippen LogP contribution in [0, 0.1) is 5.92 Å². The molecule has 1 atom stereocenters. The molecule has 1 N–H and O–H groups in total. The van der Waals surface area contributed by atoms with Crippen molar-refractivity contribution in [3.05, 3.63) is 12.2 Å². The van der Waals surface area contributed by atoms with Crippen LogP contribution in [0.3, 0.4) is 0 Å². The summed E-state index contributed by atoms with van der Waals surface area (Å²) in [5.41, 5.74) is 1.31. The van der Waals surface area contributed by atoms with Crippen molar-refractivity contribution < 1.29 is 0 Å². The molecule has 0 aromatic rings. The molecular formula is C15H29N. The quantitative estimate of drug-likeness (QED) is 0.635. The zero-order valence-electron chi connectivity index (χ0n) is 11.2. The van der Waals surface area contributed by atoms with E-state index in [1.807, 2.05) is 0 Å². The van der Waals surface area contributed by atoms with Gasteiger partial charge in [-0.25, -0.2) is 0 Å². The minimum Gasteiger partial charge on any atom is -0.314 e. The normalized spacial score (nSPS) is 19.6. The molecule has 0 bridgehead atoms. The average Bonchev–Trinajstić information content (AvgIpc) is 2.27. The van der Waals surface area contributed by atoms with Gasteiger partial charge in [-0.1, -0.05) is 44.6 Å². The van der Waals surface area contributed by atoms with Gasteiger partial charge in [-0.05, 0) is 38.6 Å². The Bertz CT molecular complexity index is 192. The van der Waals surface area contributed by atoms with E-state index >= 15 is 0 Å². The largest absolute Gasteiger partial charge is 0.314 e. The maximum Gasteiger partial charge on any atom is 0.0104 e. The Morgan fingerprint density at radius 3 is 2.56 bits per heavy atom. The van der Waals surface area contributed by atoms with Crippen molar-refractivity contribution >= 4 is 0 Å². The summed E-state index contributed by atoms with van der Waals surface area (Å²) in [6.07, 6.45) is 11.3. The summed E-state index contributed by atoms with van der Waals surface area (Å²) in [4.78, 5) is 0. The van der Waals surface area contributed by atoms with Crippen LogP contribution in [-0.4, -0.2) is 12.6 Å². The van der Waals surface area contributed by atoms with Gasteiger partial charge in [0.25, 0.3) is 0 Å². The molecule has 0 aromatic carbocycles. The fraction of sp³-hybridized carbons (Fsp3) is 0.867. The van der Waals surface area contributed by atoms with Gasteiger partial charge in [-0.15, -0.1) is 6.58 Å². The van der Waals surface area contributed by atoms with Crippen molar-refractivity contribution in [1.82, 2.24) is 5.32 Å². The molecule has 0 saturated heterocycles. The molecule has 1 aliphatic rings. The van der Waals surface area contributed by atoms with Gasteiger partial charge in [0, 0.05) is 6.04 Å². The van der Waals surface area contributed by atoms with Crippen molar-refractivity contribution in [2.45, 2.75) is 71.3 Å². The molecule has 1 heteroatoms. The Kier molecular flexibility index (Phi) is 6.79. The van der Waals surface area contributed by atoms with Crippen molar-refractivity contribution in [1.29, 1.82) is 0 Å². The summed E-state index contributed by atoms with van der Waals surface area (Å²) < 4.78 is 0. The number of rotatable bonds is 7. The molecule has 1 fully saturated rings. The standard InChI is InChI=1S/C15H29N/c1-4-16-15(12-13(2)3)11-10-14-8-6-5-7-9-14/h14-16H,2,4-12H2,1,3H3. The van der Waals surface area contributed by atoms with Gasteiger partial charge in [0.1, 0.15) is 0 Å². The summed E-state index contributed by atoms with van der Waals surface area (Å²) in [7, 11) is 0. The van der Waals surface area contributed by atoms with Crippen molar-refractivity contribution in [2.75, 3.05) is 6.54 Å². The van der Waals surface area contributed by atoms with Gasteiger partial charge in [-0.2, -0.15) is 0 Å². The Morgan fingerprint density at radius 2 is 2.00 bits per heavy atom.